The third kappa shape index (κ3) is 2.97. The quantitative estimate of drug-likeness (QED) is 0.586. The Hall–Kier alpha value is -3.39. The van der Waals surface area contributed by atoms with Crippen molar-refractivity contribution in [1.29, 1.82) is 0 Å². The topological polar surface area (TPSA) is 79.1 Å². The molecule has 3 atom stereocenters. The van der Waals surface area contributed by atoms with Crippen LogP contribution >= 0.6 is 11.3 Å². The number of hydrogen-bond acceptors (Lipinski definition) is 7. The molecule has 5 rings (SSSR count). The number of para-hydroxylation sites is 1. The van der Waals surface area contributed by atoms with Crippen molar-refractivity contribution >= 4 is 23.4 Å². The lowest BCUT2D eigenvalue weighted by Gasteiger charge is -2.44. The van der Waals surface area contributed by atoms with Gasteiger partial charge in [0.05, 0.1) is 24.8 Å². The molecule has 7 nitrogen and oxygen atoms in total. The van der Waals surface area contributed by atoms with Crippen molar-refractivity contribution in [3.05, 3.63) is 79.3 Å². The number of aromatic nitrogens is 1. The predicted octanol–water partition coefficient (Wildman–Crippen LogP) is 1.87. The van der Waals surface area contributed by atoms with Gasteiger partial charge >= 0.3 is 5.97 Å². The number of carbonyl (C=O) groups is 1. The molecule has 0 saturated carbocycles. The molecule has 2 bridgehead atoms. The first-order valence-corrected chi connectivity index (χ1v) is 10.6. The van der Waals surface area contributed by atoms with Crippen LogP contribution in [0.3, 0.4) is 0 Å². The number of hydrogen-bond donors (Lipinski definition) is 0. The lowest BCUT2D eigenvalue weighted by Crippen LogP contribution is -2.58. The molecular weight excluding hydrogens is 416 g/mol. The third-order valence-corrected chi connectivity index (χ3v) is 6.73. The predicted molar refractivity (Wildman–Crippen MR) is 115 cm³/mol. The highest BCUT2D eigenvalue weighted by Gasteiger charge is 2.55. The number of methoxy groups -OCH3 is 2. The van der Waals surface area contributed by atoms with E-state index in [-0.39, 0.29) is 5.56 Å². The summed E-state index contributed by atoms with van der Waals surface area (Å²) in [5.74, 6) is 0.116. The van der Waals surface area contributed by atoms with E-state index >= 15 is 0 Å². The smallest absolute Gasteiger partial charge is 0.317 e. The van der Waals surface area contributed by atoms with Crippen molar-refractivity contribution < 1.29 is 19.0 Å². The molecule has 2 aliphatic heterocycles. The molecule has 0 amide bonds. The van der Waals surface area contributed by atoms with Crippen molar-refractivity contribution in [1.82, 2.24) is 4.57 Å². The summed E-state index contributed by atoms with van der Waals surface area (Å²) >= 11 is 1.28. The Morgan fingerprint density at radius 2 is 1.94 bits per heavy atom. The summed E-state index contributed by atoms with van der Waals surface area (Å²) in [6.45, 7) is 1.76. The Morgan fingerprint density at radius 1 is 1.19 bits per heavy atom. The van der Waals surface area contributed by atoms with E-state index < -0.39 is 23.7 Å². The Morgan fingerprint density at radius 3 is 2.65 bits per heavy atom. The fourth-order valence-electron chi connectivity index (χ4n) is 4.28. The average Bonchev–Trinajstić information content (AvgIpc) is 3.06. The van der Waals surface area contributed by atoms with E-state index in [1.807, 2.05) is 54.6 Å². The van der Waals surface area contributed by atoms with Gasteiger partial charge in [0.2, 0.25) is 5.72 Å². The molecular formula is C23H20N2O5S. The Kier molecular flexibility index (Phi) is 4.48. The summed E-state index contributed by atoms with van der Waals surface area (Å²) in [6, 6.07) is 14.3. The second kappa shape index (κ2) is 7.09. The highest BCUT2D eigenvalue weighted by molar-refractivity contribution is 7.07. The van der Waals surface area contributed by atoms with E-state index in [1.165, 1.54) is 18.4 Å². The zero-order chi connectivity index (χ0) is 21.8. The van der Waals surface area contributed by atoms with Crippen molar-refractivity contribution in [2.45, 2.75) is 18.7 Å². The maximum Gasteiger partial charge on any atom is 0.317 e. The first-order valence-electron chi connectivity index (χ1n) is 9.78. The Bertz CT molecular complexity index is 1360. The fraction of sp³-hybridized carbons (Fsp3) is 0.261. The zero-order valence-electron chi connectivity index (χ0n) is 17.2. The van der Waals surface area contributed by atoms with Crippen molar-refractivity contribution in [2.75, 3.05) is 14.2 Å². The molecule has 3 aromatic rings. The van der Waals surface area contributed by atoms with Crippen LogP contribution < -0.4 is 24.4 Å². The van der Waals surface area contributed by atoms with E-state index in [0.717, 1.165) is 16.9 Å². The van der Waals surface area contributed by atoms with Gasteiger partial charge in [-0.3, -0.25) is 14.2 Å². The number of fused-ring (bicyclic) bond motifs is 6. The highest BCUT2D eigenvalue weighted by atomic mass is 32.1. The molecule has 8 heteroatoms. The minimum Gasteiger partial charge on any atom is -0.497 e. The highest BCUT2D eigenvalue weighted by Crippen LogP contribution is 2.47. The van der Waals surface area contributed by atoms with E-state index in [4.69, 9.17) is 19.2 Å². The van der Waals surface area contributed by atoms with Crippen LogP contribution in [0, 0.1) is 5.92 Å². The summed E-state index contributed by atoms with van der Waals surface area (Å²) in [6.07, 6.45) is 1.82. The molecule has 2 aromatic carbocycles. The second-order valence-corrected chi connectivity index (χ2v) is 8.60. The first kappa shape index (κ1) is 19.6. The molecule has 158 valence electrons. The minimum absolute atomic E-state index is 0.197. The molecule has 1 aromatic heterocycles. The van der Waals surface area contributed by atoms with Gasteiger partial charge < -0.3 is 14.2 Å². The number of benzene rings is 2. The van der Waals surface area contributed by atoms with Crippen LogP contribution in [0.25, 0.3) is 6.08 Å². The molecule has 2 aliphatic rings. The monoisotopic (exact) mass is 436 g/mol. The van der Waals surface area contributed by atoms with Gasteiger partial charge in [0, 0.05) is 5.56 Å². The molecule has 0 N–H and O–H groups in total. The largest absolute Gasteiger partial charge is 0.497 e. The van der Waals surface area contributed by atoms with E-state index in [1.54, 1.807) is 18.6 Å². The lowest BCUT2D eigenvalue weighted by molar-refractivity contribution is -0.158. The van der Waals surface area contributed by atoms with Crippen LogP contribution in [0.5, 0.6) is 11.5 Å². The van der Waals surface area contributed by atoms with Crippen LogP contribution in [-0.4, -0.2) is 30.5 Å². The fourth-order valence-corrected chi connectivity index (χ4v) is 5.38. The first-order chi connectivity index (χ1) is 14.9. The molecule has 0 unspecified atom stereocenters. The number of rotatable bonds is 3. The maximum absolute atomic E-state index is 13.5. The molecule has 0 spiro atoms. The third-order valence-electron chi connectivity index (χ3n) is 5.75. The van der Waals surface area contributed by atoms with E-state index in [0.29, 0.717) is 15.1 Å². The summed E-state index contributed by atoms with van der Waals surface area (Å²) in [7, 11) is 2.94. The van der Waals surface area contributed by atoms with Gasteiger partial charge in [0.15, 0.2) is 4.80 Å². The molecule has 0 aliphatic carbocycles. The molecule has 31 heavy (non-hydrogen) atoms. The van der Waals surface area contributed by atoms with Crippen molar-refractivity contribution in [3.8, 4) is 11.5 Å². The number of carbonyl (C=O) groups excluding carboxylic acids is 1. The van der Waals surface area contributed by atoms with E-state index in [2.05, 4.69) is 0 Å². The second-order valence-electron chi connectivity index (χ2n) is 7.59. The molecule has 0 radical (unpaired) electrons. The van der Waals surface area contributed by atoms with Gasteiger partial charge in [0.25, 0.3) is 5.56 Å². The van der Waals surface area contributed by atoms with Crippen LogP contribution in [0.2, 0.25) is 0 Å². The van der Waals surface area contributed by atoms with Gasteiger partial charge in [-0.1, -0.05) is 41.7 Å². The van der Waals surface area contributed by atoms with Gasteiger partial charge in [-0.05, 0) is 36.8 Å². The Labute approximate surface area is 181 Å². The number of nitrogens with zero attached hydrogens (tertiary/aromatic N) is 2. The van der Waals surface area contributed by atoms with Crippen LogP contribution in [0.1, 0.15) is 24.1 Å². The van der Waals surface area contributed by atoms with Gasteiger partial charge in [-0.2, -0.15) is 0 Å². The Balaban J connectivity index is 1.75. The summed E-state index contributed by atoms with van der Waals surface area (Å²) in [4.78, 5) is 31.5. The minimum atomic E-state index is -1.17. The number of esters is 1. The van der Waals surface area contributed by atoms with Gasteiger partial charge in [-0.25, -0.2) is 4.99 Å². The SMILES string of the molecule is COC(=O)[C@H]1[C@H]2c3ccccc3O[C@@]1(C)N=c1s/c(=C/c3ccc(OC)cc3)c(=O)n12. The summed E-state index contributed by atoms with van der Waals surface area (Å²) in [5.41, 5.74) is 0.271. The number of ether oxygens (including phenoxy) is 3. The van der Waals surface area contributed by atoms with Crippen LogP contribution in [0.4, 0.5) is 0 Å². The molecule has 3 heterocycles. The van der Waals surface area contributed by atoms with Crippen LogP contribution in [-0.2, 0) is 9.53 Å². The van der Waals surface area contributed by atoms with Crippen molar-refractivity contribution in [2.24, 2.45) is 10.9 Å². The summed E-state index contributed by atoms with van der Waals surface area (Å²) in [5, 5.41) is 0. The van der Waals surface area contributed by atoms with E-state index in [9.17, 15) is 9.59 Å². The maximum atomic E-state index is 13.5. The van der Waals surface area contributed by atoms with Gasteiger partial charge in [-0.15, -0.1) is 0 Å². The van der Waals surface area contributed by atoms with Gasteiger partial charge in [0.1, 0.15) is 17.4 Å². The summed E-state index contributed by atoms with van der Waals surface area (Å²) < 4.78 is 18.6. The van der Waals surface area contributed by atoms with Crippen molar-refractivity contribution in [3.63, 3.8) is 0 Å². The molecule has 0 fully saturated rings. The standard InChI is InChI=1S/C23H20N2O5S/c1-23-18(21(27)29-3)19(15-6-4-5-7-16(15)30-23)25-20(26)17(31-22(25)24-23)12-13-8-10-14(28-2)11-9-13/h4-12,18-19H,1-3H3/b17-12+/t18-,19-,23-/m1/s1. The average molecular weight is 436 g/mol. The molecule has 0 saturated heterocycles. The normalized spacial score (nSPS) is 23.8. The lowest BCUT2D eigenvalue weighted by atomic mass is 9.81. The number of thiazole rings is 1. The zero-order valence-corrected chi connectivity index (χ0v) is 18.0. The van der Waals surface area contributed by atoms with Crippen LogP contribution in [0.15, 0.2) is 58.3 Å².